The predicted molar refractivity (Wildman–Crippen MR) is 56.1 cm³/mol. The lowest BCUT2D eigenvalue weighted by molar-refractivity contribution is 0.481. The van der Waals surface area contributed by atoms with Crippen LogP contribution < -0.4 is 0 Å². The second-order valence-corrected chi connectivity index (χ2v) is 6.17. The van der Waals surface area contributed by atoms with Gasteiger partial charge in [-0.25, -0.2) is 0 Å². The molecule has 0 fully saturated rings. The Hall–Kier alpha value is -0.380. The Labute approximate surface area is 101 Å². The quantitative estimate of drug-likeness (QED) is 0.801. The molecule has 0 saturated carbocycles. The molecule has 1 aromatic carbocycles. The molecule has 0 unspecified atom stereocenters. The average Bonchev–Trinajstić information content (AvgIpc) is 1.97. The maximum absolute atomic E-state index is 10.9. The molecule has 0 radical (unpaired) electrons. The normalized spacial score (nSPS) is 12.8. The summed E-state index contributed by atoms with van der Waals surface area (Å²) in [6.45, 7) is 0. The van der Waals surface area contributed by atoms with Crippen LogP contribution in [0.1, 0.15) is 0 Å². The smallest absolute Gasteiger partial charge is 0.282 e. The van der Waals surface area contributed by atoms with Crippen molar-refractivity contribution in [1.29, 1.82) is 0 Å². The maximum atomic E-state index is 10.9. The Morgan fingerprint density at radius 2 is 1.44 bits per heavy atom. The molecule has 0 spiro atoms. The van der Waals surface area contributed by atoms with Crippen LogP contribution in [-0.4, -0.2) is 25.9 Å². The van der Waals surface area contributed by atoms with Crippen LogP contribution in [0.25, 0.3) is 0 Å². The first kappa shape index (κ1) is 13.7. The number of benzene rings is 1. The Kier molecular flexibility index (Phi) is 3.53. The van der Waals surface area contributed by atoms with Gasteiger partial charge in [0.25, 0.3) is 20.2 Å². The fraction of sp³-hybridized carbons (Fsp3) is 0. The number of rotatable bonds is 2. The van der Waals surface area contributed by atoms with Crippen LogP contribution in [0.2, 0.25) is 10.0 Å². The van der Waals surface area contributed by atoms with E-state index in [1.807, 2.05) is 0 Å². The van der Waals surface area contributed by atoms with E-state index >= 15 is 0 Å². The molecule has 1 rings (SSSR count). The first-order chi connectivity index (χ1) is 7.05. The van der Waals surface area contributed by atoms with Gasteiger partial charge in [0, 0.05) is 0 Å². The van der Waals surface area contributed by atoms with E-state index in [1.165, 1.54) is 0 Å². The average molecular weight is 307 g/mol. The van der Waals surface area contributed by atoms with Crippen LogP contribution in [0, 0.1) is 0 Å². The number of hydrogen-bond acceptors (Lipinski definition) is 4. The van der Waals surface area contributed by atoms with Gasteiger partial charge in [-0.3, -0.25) is 9.11 Å². The molecule has 0 aromatic heterocycles. The van der Waals surface area contributed by atoms with Crippen LogP contribution in [0.4, 0.5) is 0 Å². The van der Waals surface area contributed by atoms with Gasteiger partial charge in [0.2, 0.25) is 0 Å². The number of hydrogen-bond donors (Lipinski definition) is 2. The Balaban J connectivity index is 3.79. The third kappa shape index (κ3) is 2.65. The van der Waals surface area contributed by atoms with Gasteiger partial charge in [0.1, 0.15) is 9.79 Å². The van der Waals surface area contributed by atoms with Crippen LogP contribution >= 0.6 is 23.2 Å². The highest BCUT2D eigenvalue weighted by atomic mass is 35.5. The van der Waals surface area contributed by atoms with E-state index < -0.39 is 40.1 Å². The minimum Gasteiger partial charge on any atom is -0.282 e. The van der Waals surface area contributed by atoms with E-state index in [-0.39, 0.29) is 0 Å². The van der Waals surface area contributed by atoms with E-state index in [0.717, 1.165) is 12.1 Å². The molecule has 0 amide bonds. The monoisotopic (exact) mass is 306 g/mol. The van der Waals surface area contributed by atoms with Crippen molar-refractivity contribution < 1.29 is 25.9 Å². The summed E-state index contributed by atoms with van der Waals surface area (Å²) >= 11 is 10.9. The zero-order valence-corrected chi connectivity index (χ0v) is 10.4. The van der Waals surface area contributed by atoms with Gasteiger partial charge in [-0.05, 0) is 12.1 Å². The molecule has 10 heteroatoms. The van der Waals surface area contributed by atoms with Crippen molar-refractivity contribution in [2.45, 2.75) is 9.79 Å². The maximum Gasteiger partial charge on any atom is 0.297 e. The molecule has 0 aliphatic rings. The van der Waals surface area contributed by atoms with Gasteiger partial charge in [0.05, 0.1) is 10.0 Å². The van der Waals surface area contributed by atoms with Crippen molar-refractivity contribution in [3.05, 3.63) is 22.2 Å². The Morgan fingerprint density at radius 1 is 0.938 bits per heavy atom. The fourth-order valence-corrected chi connectivity index (χ4v) is 3.48. The molecule has 0 atom stereocenters. The third-order valence-electron chi connectivity index (χ3n) is 1.55. The summed E-state index contributed by atoms with van der Waals surface area (Å²) < 4.78 is 60.8. The lowest BCUT2D eigenvalue weighted by Gasteiger charge is -2.06. The first-order valence-corrected chi connectivity index (χ1v) is 7.11. The topological polar surface area (TPSA) is 109 Å². The largest absolute Gasteiger partial charge is 0.297 e. The van der Waals surface area contributed by atoms with E-state index in [2.05, 4.69) is 0 Å². The summed E-state index contributed by atoms with van der Waals surface area (Å²) in [4.78, 5) is -1.82. The van der Waals surface area contributed by atoms with Gasteiger partial charge >= 0.3 is 0 Å². The van der Waals surface area contributed by atoms with Crippen LogP contribution in [0.3, 0.4) is 0 Å². The summed E-state index contributed by atoms with van der Waals surface area (Å²) in [6.07, 6.45) is 0. The molecule has 2 N–H and O–H groups in total. The van der Waals surface area contributed by atoms with Crippen molar-refractivity contribution in [3.8, 4) is 0 Å². The van der Waals surface area contributed by atoms with Gasteiger partial charge < -0.3 is 0 Å². The standard InChI is InChI=1S/C6H4Cl2O6S2/c7-3-1-2-4(15(9,10)11)5(8)6(3)16(12,13)14/h1-2H,(H,9,10,11)(H,12,13,14). The zero-order chi connectivity index (χ0) is 12.7. The van der Waals surface area contributed by atoms with E-state index in [0.29, 0.717) is 0 Å². The molecule has 0 aliphatic heterocycles. The van der Waals surface area contributed by atoms with Crippen molar-refractivity contribution in [2.75, 3.05) is 0 Å². The zero-order valence-electron chi connectivity index (χ0n) is 7.25. The first-order valence-electron chi connectivity index (χ1n) is 3.48. The molecule has 0 heterocycles. The van der Waals surface area contributed by atoms with Gasteiger partial charge in [-0.2, -0.15) is 16.8 Å². The predicted octanol–water partition coefficient (Wildman–Crippen LogP) is 1.49. The van der Waals surface area contributed by atoms with E-state index in [9.17, 15) is 16.8 Å². The molecule has 16 heavy (non-hydrogen) atoms. The molecular weight excluding hydrogens is 303 g/mol. The van der Waals surface area contributed by atoms with Crippen LogP contribution in [0.5, 0.6) is 0 Å². The highest BCUT2D eigenvalue weighted by Crippen LogP contribution is 2.34. The van der Waals surface area contributed by atoms with Crippen LogP contribution in [-0.2, 0) is 20.2 Å². The molecular formula is C6H4Cl2O6S2. The molecule has 1 aromatic rings. The SMILES string of the molecule is O=S(=O)(O)c1ccc(Cl)c(S(=O)(=O)O)c1Cl. The molecule has 90 valence electrons. The Bertz CT molecular complexity index is 633. The van der Waals surface area contributed by atoms with Crippen molar-refractivity contribution in [3.63, 3.8) is 0 Å². The second-order valence-electron chi connectivity index (χ2n) is 2.64. The highest BCUT2D eigenvalue weighted by molar-refractivity contribution is 7.87. The lowest BCUT2D eigenvalue weighted by Crippen LogP contribution is -2.05. The van der Waals surface area contributed by atoms with E-state index in [4.69, 9.17) is 32.3 Å². The molecule has 0 bridgehead atoms. The van der Waals surface area contributed by atoms with Crippen LogP contribution in [0.15, 0.2) is 21.9 Å². The number of halogens is 2. The highest BCUT2D eigenvalue weighted by Gasteiger charge is 2.26. The Morgan fingerprint density at radius 3 is 1.81 bits per heavy atom. The molecule has 0 saturated heterocycles. The minimum atomic E-state index is -4.79. The lowest BCUT2D eigenvalue weighted by atomic mass is 10.3. The fourth-order valence-electron chi connectivity index (χ4n) is 0.950. The molecule has 0 aliphatic carbocycles. The van der Waals surface area contributed by atoms with Crippen molar-refractivity contribution in [1.82, 2.24) is 0 Å². The van der Waals surface area contributed by atoms with Gasteiger partial charge in [-0.15, -0.1) is 0 Å². The van der Waals surface area contributed by atoms with E-state index in [1.54, 1.807) is 0 Å². The summed E-state index contributed by atoms with van der Waals surface area (Å²) in [7, 11) is -9.49. The summed E-state index contributed by atoms with van der Waals surface area (Å²) in [6, 6.07) is 1.69. The van der Waals surface area contributed by atoms with Gasteiger partial charge in [0.15, 0.2) is 0 Å². The van der Waals surface area contributed by atoms with Gasteiger partial charge in [-0.1, -0.05) is 23.2 Å². The summed E-state index contributed by atoms with van der Waals surface area (Å²) in [5.74, 6) is 0. The minimum absolute atomic E-state index is 0.458. The summed E-state index contributed by atoms with van der Waals surface area (Å²) in [5, 5.41) is -1.32. The van der Waals surface area contributed by atoms with Crippen molar-refractivity contribution in [2.24, 2.45) is 0 Å². The third-order valence-corrected chi connectivity index (χ3v) is 4.43. The second kappa shape index (κ2) is 4.13. The molecule has 6 nitrogen and oxygen atoms in total. The van der Waals surface area contributed by atoms with Crippen molar-refractivity contribution >= 4 is 43.4 Å². The summed E-state index contributed by atoms with van der Waals surface area (Å²) in [5.41, 5.74) is 0.